The molecule has 0 unspecified atom stereocenters. The molecule has 0 fully saturated rings. The minimum absolute atomic E-state index is 0. The highest BCUT2D eigenvalue weighted by Gasteiger charge is 2.24. The van der Waals surface area contributed by atoms with E-state index in [1.807, 2.05) is 6.07 Å². The summed E-state index contributed by atoms with van der Waals surface area (Å²) in [4.78, 5) is 14.2. The first kappa shape index (κ1) is 17.2. The molecule has 22 heavy (non-hydrogen) atoms. The number of carbonyl (C=O) groups excluding carboxylic acids is 1. The average Bonchev–Trinajstić information content (AvgIpc) is 2.95. The first-order chi connectivity index (χ1) is 10.1. The van der Waals surface area contributed by atoms with Gasteiger partial charge in [0.2, 0.25) is 0 Å². The number of hydrogen-bond acceptors (Lipinski definition) is 3. The Kier molecular flexibility index (Phi) is 5.40. The Hall–Kier alpha value is -1.20. The molecule has 1 aliphatic rings. The zero-order chi connectivity index (χ0) is 15.0. The van der Waals surface area contributed by atoms with Gasteiger partial charge >= 0.3 is 0 Å². The number of rotatable bonds is 2. The maximum Gasteiger partial charge on any atom is 0.257 e. The largest absolute Gasteiger partial charge is 0.467 e. The minimum Gasteiger partial charge on any atom is -0.467 e. The molecule has 1 aromatic heterocycles. The van der Waals surface area contributed by atoms with Crippen molar-refractivity contribution in [2.75, 3.05) is 6.54 Å². The molecule has 118 valence electrons. The van der Waals surface area contributed by atoms with Gasteiger partial charge in [-0.25, -0.2) is 0 Å². The molecule has 1 aliphatic heterocycles. The number of nitrogens with two attached hydrogens (primary N) is 1. The van der Waals surface area contributed by atoms with Gasteiger partial charge in [0.1, 0.15) is 12.0 Å². The lowest BCUT2D eigenvalue weighted by atomic mass is 9.99. The van der Waals surface area contributed by atoms with E-state index in [2.05, 4.69) is 0 Å². The van der Waals surface area contributed by atoms with E-state index in [4.69, 9.17) is 33.4 Å². The van der Waals surface area contributed by atoms with Gasteiger partial charge < -0.3 is 15.1 Å². The van der Waals surface area contributed by atoms with Gasteiger partial charge in [0.25, 0.3) is 5.91 Å². The molecule has 2 N–H and O–H groups in total. The van der Waals surface area contributed by atoms with E-state index in [0.717, 1.165) is 17.5 Å². The highest BCUT2D eigenvalue weighted by atomic mass is 35.5. The fourth-order valence-electron chi connectivity index (χ4n) is 2.54. The average molecular weight is 362 g/mol. The smallest absolute Gasteiger partial charge is 0.257 e. The Morgan fingerprint density at radius 3 is 2.77 bits per heavy atom. The summed E-state index contributed by atoms with van der Waals surface area (Å²) in [5, 5.41) is 1.23. The molecule has 0 radical (unpaired) electrons. The third kappa shape index (κ3) is 3.25. The van der Waals surface area contributed by atoms with Crippen LogP contribution < -0.4 is 5.73 Å². The van der Waals surface area contributed by atoms with Crippen molar-refractivity contribution in [3.8, 4) is 0 Å². The molecule has 0 aliphatic carbocycles. The van der Waals surface area contributed by atoms with E-state index < -0.39 is 0 Å². The van der Waals surface area contributed by atoms with Gasteiger partial charge in [-0.15, -0.1) is 12.4 Å². The number of hydrogen-bond donors (Lipinski definition) is 1. The molecule has 2 heterocycles. The molecule has 4 nitrogen and oxygen atoms in total. The molecule has 0 saturated heterocycles. The second-order valence-corrected chi connectivity index (χ2v) is 5.85. The van der Waals surface area contributed by atoms with Crippen molar-refractivity contribution in [1.29, 1.82) is 0 Å². The molecular formula is C15H15Cl3N2O2. The van der Waals surface area contributed by atoms with Crippen LogP contribution >= 0.6 is 35.6 Å². The third-order valence-corrected chi connectivity index (χ3v) is 4.20. The van der Waals surface area contributed by atoms with Crippen LogP contribution in [-0.4, -0.2) is 17.4 Å². The van der Waals surface area contributed by atoms with Gasteiger partial charge in [0, 0.05) is 23.1 Å². The molecule has 0 atom stereocenters. The quantitative estimate of drug-likeness (QED) is 0.888. The van der Waals surface area contributed by atoms with Crippen molar-refractivity contribution in [3.05, 3.63) is 57.0 Å². The Bertz CT molecular complexity index is 700. The second kappa shape index (κ2) is 6.92. The highest BCUT2D eigenvalue weighted by Crippen LogP contribution is 2.30. The van der Waals surface area contributed by atoms with Crippen LogP contribution in [0.2, 0.25) is 10.0 Å². The topological polar surface area (TPSA) is 59.5 Å². The Morgan fingerprint density at radius 1 is 1.32 bits per heavy atom. The van der Waals surface area contributed by atoms with E-state index in [1.54, 1.807) is 17.0 Å². The van der Waals surface area contributed by atoms with Crippen LogP contribution in [0.5, 0.6) is 0 Å². The second-order valence-electron chi connectivity index (χ2n) is 5.01. The predicted molar refractivity (Wildman–Crippen MR) is 88.8 cm³/mol. The molecule has 1 amide bonds. The van der Waals surface area contributed by atoms with Crippen molar-refractivity contribution in [3.63, 3.8) is 0 Å². The van der Waals surface area contributed by atoms with Crippen LogP contribution in [0.3, 0.4) is 0 Å². The number of benzene rings is 1. The van der Waals surface area contributed by atoms with Crippen LogP contribution in [0.1, 0.15) is 27.2 Å². The summed E-state index contributed by atoms with van der Waals surface area (Å²) >= 11 is 12.2. The van der Waals surface area contributed by atoms with Gasteiger partial charge in [-0.3, -0.25) is 4.79 Å². The fourth-order valence-corrected chi connectivity index (χ4v) is 3.13. The van der Waals surface area contributed by atoms with E-state index in [1.165, 1.54) is 6.26 Å². The van der Waals surface area contributed by atoms with Gasteiger partial charge in [0.05, 0.1) is 12.1 Å². The van der Waals surface area contributed by atoms with Gasteiger partial charge in [-0.2, -0.15) is 0 Å². The van der Waals surface area contributed by atoms with Crippen molar-refractivity contribution in [1.82, 2.24) is 4.90 Å². The van der Waals surface area contributed by atoms with Crippen LogP contribution in [0, 0.1) is 0 Å². The minimum atomic E-state index is -0.0740. The lowest BCUT2D eigenvalue weighted by Crippen LogP contribution is -2.36. The van der Waals surface area contributed by atoms with E-state index >= 15 is 0 Å². The summed E-state index contributed by atoms with van der Waals surface area (Å²) in [5.41, 5.74) is 8.07. The van der Waals surface area contributed by atoms with Crippen LogP contribution in [0.4, 0.5) is 0 Å². The summed E-state index contributed by atoms with van der Waals surface area (Å²) in [6.45, 7) is 1.39. The monoisotopic (exact) mass is 360 g/mol. The van der Waals surface area contributed by atoms with Gasteiger partial charge in [-0.1, -0.05) is 23.2 Å². The third-order valence-electron chi connectivity index (χ3n) is 3.64. The normalized spacial score (nSPS) is 13.5. The van der Waals surface area contributed by atoms with Gasteiger partial charge in [-0.05, 0) is 35.7 Å². The molecule has 0 spiro atoms. The fraction of sp³-hybridized carbons (Fsp3) is 0.267. The highest BCUT2D eigenvalue weighted by molar-refractivity contribution is 6.35. The van der Waals surface area contributed by atoms with Gasteiger partial charge in [0.15, 0.2) is 0 Å². The standard InChI is InChI=1S/C15H14Cl2N2O2.ClH/c16-11-3-9-1-2-19(7-13(9)14(17)5-11)15(20)10-4-12(6-18)21-8-10;/h3-5,8H,1-2,6-7,18H2;1H. The zero-order valence-electron chi connectivity index (χ0n) is 11.6. The van der Waals surface area contributed by atoms with Crippen molar-refractivity contribution < 1.29 is 9.21 Å². The number of amides is 1. The van der Waals surface area contributed by atoms with Crippen molar-refractivity contribution in [2.24, 2.45) is 5.73 Å². The van der Waals surface area contributed by atoms with Crippen molar-refractivity contribution in [2.45, 2.75) is 19.5 Å². The maximum atomic E-state index is 12.5. The lowest BCUT2D eigenvalue weighted by molar-refractivity contribution is 0.0734. The summed E-state index contributed by atoms with van der Waals surface area (Å²) in [6.07, 6.45) is 2.19. The number of fused-ring (bicyclic) bond motifs is 1. The Labute approximate surface area is 144 Å². The summed E-state index contributed by atoms with van der Waals surface area (Å²) in [7, 11) is 0. The van der Waals surface area contributed by atoms with Crippen LogP contribution in [-0.2, 0) is 19.5 Å². The first-order valence-corrected chi connectivity index (χ1v) is 7.37. The molecule has 1 aromatic carbocycles. The number of nitrogens with zero attached hydrogens (tertiary/aromatic N) is 1. The van der Waals surface area contributed by atoms with E-state index in [9.17, 15) is 4.79 Å². The molecule has 0 bridgehead atoms. The van der Waals surface area contributed by atoms with Crippen LogP contribution in [0.25, 0.3) is 0 Å². The SMILES string of the molecule is Cl.NCc1cc(C(=O)N2CCc3cc(Cl)cc(Cl)c3C2)co1. The lowest BCUT2D eigenvalue weighted by Gasteiger charge is -2.29. The number of carbonyl (C=O) groups is 1. The predicted octanol–water partition coefficient (Wildman–Crippen LogP) is 3.67. The molecule has 2 aromatic rings. The Morgan fingerprint density at radius 2 is 2.09 bits per heavy atom. The molecular weight excluding hydrogens is 347 g/mol. The van der Waals surface area contributed by atoms with Crippen molar-refractivity contribution >= 4 is 41.5 Å². The van der Waals surface area contributed by atoms with E-state index in [0.29, 0.717) is 34.5 Å². The van der Waals surface area contributed by atoms with E-state index in [-0.39, 0.29) is 24.9 Å². The van der Waals surface area contributed by atoms with Crippen LogP contribution in [0.15, 0.2) is 28.9 Å². The molecule has 0 saturated carbocycles. The maximum absolute atomic E-state index is 12.5. The molecule has 7 heteroatoms. The first-order valence-electron chi connectivity index (χ1n) is 6.62. The summed E-state index contributed by atoms with van der Waals surface area (Å²) in [6, 6.07) is 5.30. The number of halogens is 3. The zero-order valence-corrected chi connectivity index (χ0v) is 14.0. The summed E-state index contributed by atoms with van der Waals surface area (Å²) < 4.78 is 5.22. The molecule has 3 rings (SSSR count). The summed E-state index contributed by atoms with van der Waals surface area (Å²) in [5.74, 6) is 0.524. The Balaban J connectivity index is 0.00000176. The number of furan rings is 1.